The van der Waals surface area contributed by atoms with E-state index in [1.54, 1.807) is 19.1 Å². The number of para-hydroxylation sites is 1. The summed E-state index contributed by atoms with van der Waals surface area (Å²) in [5.74, 6) is 1.70. The number of unbranched alkanes of at least 4 members (excludes halogenated alkanes) is 1. The van der Waals surface area contributed by atoms with Crippen molar-refractivity contribution in [3.05, 3.63) is 47.5 Å². The molecule has 0 fully saturated rings. The molecule has 35 heavy (non-hydrogen) atoms. The lowest BCUT2D eigenvalue weighted by Gasteiger charge is -2.29. The van der Waals surface area contributed by atoms with Crippen molar-refractivity contribution in [1.29, 1.82) is 0 Å². The molecule has 0 spiro atoms. The van der Waals surface area contributed by atoms with Crippen molar-refractivity contribution in [1.82, 2.24) is 14.4 Å². The van der Waals surface area contributed by atoms with E-state index in [1.807, 2.05) is 42.9 Å². The highest BCUT2D eigenvalue weighted by Crippen LogP contribution is 2.39. The van der Waals surface area contributed by atoms with E-state index in [4.69, 9.17) is 21.7 Å². The number of thiocarbonyl (C=S) groups is 1. The summed E-state index contributed by atoms with van der Waals surface area (Å²) in [6.45, 7) is 3.63. The molecule has 1 aromatic heterocycles. The summed E-state index contributed by atoms with van der Waals surface area (Å²) in [6, 6.07) is 12.1. The van der Waals surface area contributed by atoms with Crippen LogP contribution in [0.25, 0.3) is 10.9 Å². The molecule has 9 heteroatoms. The summed E-state index contributed by atoms with van der Waals surface area (Å²) in [5.41, 5.74) is 4.04. The van der Waals surface area contributed by atoms with Crippen molar-refractivity contribution in [2.24, 2.45) is 10.2 Å². The maximum absolute atomic E-state index is 10.9. The van der Waals surface area contributed by atoms with Crippen molar-refractivity contribution in [2.45, 2.75) is 32.4 Å². The van der Waals surface area contributed by atoms with Gasteiger partial charge in [-0.15, -0.1) is 10.2 Å². The summed E-state index contributed by atoms with van der Waals surface area (Å²) in [4.78, 5) is 4.18. The van der Waals surface area contributed by atoms with Crippen LogP contribution in [0.2, 0.25) is 0 Å². The predicted molar refractivity (Wildman–Crippen MR) is 142 cm³/mol. The van der Waals surface area contributed by atoms with Gasteiger partial charge >= 0.3 is 0 Å². The molecule has 8 nitrogen and oxygen atoms in total. The average molecular weight is 496 g/mol. The van der Waals surface area contributed by atoms with Gasteiger partial charge in [0, 0.05) is 39.1 Å². The predicted octanol–water partition coefficient (Wildman–Crippen LogP) is 5.13. The summed E-state index contributed by atoms with van der Waals surface area (Å²) >= 11 is 5.21. The summed E-state index contributed by atoms with van der Waals surface area (Å²) in [6.07, 6.45) is 2.96. The van der Waals surface area contributed by atoms with Crippen LogP contribution in [0.3, 0.4) is 0 Å². The van der Waals surface area contributed by atoms with E-state index in [0.29, 0.717) is 17.3 Å². The number of rotatable bonds is 8. The first-order valence-electron chi connectivity index (χ1n) is 11.8. The SMILES string of the molecule is COc1cc2c(cc1OC)CN(CCCCn1c(O)c(N=NC(=S)N(C)C)c3ccccc31)CC2. The molecule has 3 aromatic rings. The molecular weight excluding hydrogens is 462 g/mol. The Morgan fingerprint density at radius 3 is 2.46 bits per heavy atom. The summed E-state index contributed by atoms with van der Waals surface area (Å²) < 4.78 is 12.9. The van der Waals surface area contributed by atoms with Gasteiger partial charge in [0.25, 0.3) is 0 Å². The molecule has 0 amide bonds. The molecule has 2 heterocycles. The molecule has 1 aliphatic heterocycles. The van der Waals surface area contributed by atoms with Crippen LogP contribution in [-0.4, -0.2) is 66.0 Å². The maximum atomic E-state index is 10.9. The minimum atomic E-state index is 0.129. The second-order valence-electron chi connectivity index (χ2n) is 8.93. The van der Waals surface area contributed by atoms with E-state index >= 15 is 0 Å². The molecular formula is C26H33N5O3S. The minimum Gasteiger partial charge on any atom is -0.493 e. The summed E-state index contributed by atoms with van der Waals surface area (Å²) in [7, 11) is 6.99. The molecule has 0 saturated carbocycles. The Morgan fingerprint density at radius 1 is 1.06 bits per heavy atom. The number of nitrogens with zero attached hydrogens (tertiary/aromatic N) is 5. The van der Waals surface area contributed by atoms with E-state index < -0.39 is 0 Å². The second-order valence-corrected chi connectivity index (χ2v) is 9.29. The van der Waals surface area contributed by atoms with Gasteiger partial charge < -0.3 is 24.0 Å². The van der Waals surface area contributed by atoms with E-state index in [9.17, 15) is 5.11 Å². The van der Waals surface area contributed by atoms with Gasteiger partial charge in [0.1, 0.15) is 0 Å². The number of ether oxygens (including phenoxy) is 2. The summed E-state index contributed by atoms with van der Waals surface area (Å²) in [5, 5.41) is 20.5. The zero-order valence-electron chi connectivity index (χ0n) is 20.8. The average Bonchev–Trinajstić information content (AvgIpc) is 3.14. The number of aromatic hydroxyl groups is 1. The lowest BCUT2D eigenvalue weighted by atomic mass is 9.98. The first kappa shape index (κ1) is 24.9. The van der Waals surface area contributed by atoms with Crippen LogP contribution in [0.15, 0.2) is 46.6 Å². The zero-order chi connectivity index (χ0) is 24.9. The van der Waals surface area contributed by atoms with E-state index in [-0.39, 0.29) is 5.88 Å². The number of azo groups is 1. The number of aromatic nitrogens is 1. The fourth-order valence-electron chi connectivity index (χ4n) is 4.52. The molecule has 0 bridgehead atoms. The fourth-order valence-corrected chi connectivity index (χ4v) is 4.56. The smallest absolute Gasteiger partial charge is 0.220 e. The molecule has 0 radical (unpaired) electrons. The highest BCUT2D eigenvalue weighted by molar-refractivity contribution is 7.80. The van der Waals surface area contributed by atoms with Crippen molar-refractivity contribution < 1.29 is 14.6 Å². The Kier molecular flexibility index (Phi) is 7.87. The zero-order valence-corrected chi connectivity index (χ0v) is 21.6. The van der Waals surface area contributed by atoms with Crippen LogP contribution in [-0.2, 0) is 19.5 Å². The highest BCUT2D eigenvalue weighted by Gasteiger charge is 2.20. The standard InChI is InChI=1S/C26H33N5O3S/c1-29(2)26(35)28-27-24-20-9-5-6-10-21(20)31(25(24)32)13-8-7-12-30-14-11-18-15-22(33-3)23(34-4)16-19(18)17-30/h5-6,9-10,15-16,32H,7-8,11-14,17H2,1-4H3. The normalized spacial score (nSPS) is 13.8. The monoisotopic (exact) mass is 495 g/mol. The Morgan fingerprint density at radius 2 is 1.74 bits per heavy atom. The van der Waals surface area contributed by atoms with Gasteiger partial charge in [-0.3, -0.25) is 4.90 Å². The third-order valence-corrected chi connectivity index (χ3v) is 6.89. The third-order valence-electron chi connectivity index (χ3n) is 6.44. The van der Waals surface area contributed by atoms with Crippen LogP contribution in [0, 0.1) is 0 Å². The van der Waals surface area contributed by atoms with Gasteiger partial charge in [-0.05, 0) is 67.4 Å². The van der Waals surface area contributed by atoms with Crippen LogP contribution in [0.4, 0.5) is 5.69 Å². The fraction of sp³-hybridized carbons (Fsp3) is 0.423. The molecule has 4 rings (SSSR count). The van der Waals surface area contributed by atoms with Crippen LogP contribution < -0.4 is 9.47 Å². The third kappa shape index (κ3) is 5.41. The molecule has 186 valence electrons. The number of aryl methyl sites for hydroxylation is 1. The Hall–Kier alpha value is -3.17. The van der Waals surface area contributed by atoms with Crippen molar-refractivity contribution >= 4 is 33.9 Å². The largest absolute Gasteiger partial charge is 0.493 e. The molecule has 0 aliphatic carbocycles. The number of hydrogen-bond donors (Lipinski definition) is 1. The van der Waals surface area contributed by atoms with Crippen LogP contribution >= 0.6 is 12.2 Å². The minimum absolute atomic E-state index is 0.129. The Balaban J connectivity index is 1.40. The Labute approximate surface area is 211 Å². The molecule has 0 unspecified atom stereocenters. The lowest BCUT2D eigenvalue weighted by molar-refractivity contribution is 0.245. The first-order chi connectivity index (χ1) is 16.9. The quantitative estimate of drug-likeness (QED) is 0.265. The topological polar surface area (TPSA) is 74.8 Å². The van der Waals surface area contributed by atoms with Crippen molar-refractivity contribution in [2.75, 3.05) is 41.4 Å². The molecule has 0 atom stereocenters. The van der Waals surface area contributed by atoms with Crippen LogP contribution in [0.1, 0.15) is 24.0 Å². The van der Waals surface area contributed by atoms with Gasteiger partial charge in [-0.25, -0.2) is 0 Å². The van der Waals surface area contributed by atoms with E-state index in [2.05, 4.69) is 27.3 Å². The lowest BCUT2D eigenvalue weighted by Crippen LogP contribution is -2.31. The molecule has 2 aromatic carbocycles. The molecule has 1 aliphatic rings. The van der Waals surface area contributed by atoms with Gasteiger partial charge in [0.15, 0.2) is 17.2 Å². The maximum Gasteiger partial charge on any atom is 0.220 e. The molecule has 1 N–H and O–H groups in total. The second kappa shape index (κ2) is 11.0. The van der Waals surface area contributed by atoms with Gasteiger partial charge in [-0.1, -0.05) is 18.2 Å². The van der Waals surface area contributed by atoms with Crippen LogP contribution in [0.5, 0.6) is 17.4 Å². The number of benzene rings is 2. The number of hydrogen-bond acceptors (Lipinski definition) is 6. The van der Waals surface area contributed by atoms with Crippen molar-refractivity contribution in [3.63, 3.8) is 0 Å². The van der Waals surface area contributed by atoms with Gasteiger partial charge in [0.05, 0.1) is 19.7 Å². The Bertz CT molecular complexity index is 1240. The number of fused-ring (bicyclic) bond motifs is 2. The van der Waals surface area contributed by atoms with E-state index in [1.165, 1.54) is 11.1 Å². The molecule has 0 saturated heterocycles. The van der Waals surface area contributed by atoms with Gasteiger partial charge in [0.2, 0.25) is 11.0 Å². The highest BCUT2D eigenvalue weighted by atomic mass is 32.1. The van der Waals surface area contributed by atoms with Crippen molar-refractivity contribution in [3.8, 4) is 17.4 Å². The number of methoxy groups -OCH3 is 2. The van der Waals surface area contributed by atoms with Gasteiger partial charge in [-0.2, -0.15) is 0 Å². The first-order valence-corrected chi connectivity index (χ1v) is 12.2. The van der Waals surface area contributed by atoms with E-state index in [0.717, 1.165) is 61.3 Å².